The van der Waals surface area contributed by atoms with Crippen LogP contribution in [0.3, 0.4) is 0 Å². The molecule has 17 heavy (non-hydrogen) atoms. The molecule has 2 rings (SSSR count). The minimum Gasteiger partial charge on any atom is -0.374 e. The summed E-state index contributed by atoms with van der Waals surface area (Å²) in [5.41, 5.74) is 2.19. The molecule has 92 valence electrons. The number of hydrogen-bond acceptors (Lipinski definition) is 2. The number of aryl methyl sites for hydroxylation is 1. The van der Waals surface area contributed by atoms with Gasteiger partial charge in [0.15, 0.2) is 0 Å². The third-order valence-corrected chi connectivity index (χ3v) is 3.90. The van der Waals surface area contributed by atoms with Crippen LogP contribution < -0.4 is 10.6 Å². The predicted octanol–water partition coefficient (Wildman–Crippen LogP) is 2.84. The number of carbonyl (C=O) groups is 1. The molecule has 0 radical (unpaired) electrons. The molecule has 2 N–H and O–H groups in total. The van der Waals surface area contributed by atoms with E-state index in [1.165, 1.54) is 5.56 Å². The molecule has 1 heterocycles. The average Bonchev–Trinajstić information content (AvgIpc) is 2.50. The van der Waals surface area contributed by atoms with Gasteiger partial charge in [0.2, 0.25) is 5.91 Å². The van der Waals surface area contributed by atoms with Gasteiger partial charge in [-0.05, 0) is 43.9 Å². The molecule has 0 spiro atoms. The van der Waals surface area contributed by atoms with Crippen molar-refractivity contribution in [1.29, 1.82) is 0 Å². The molecule has 1 aromatic carbocycles. The summed E-state index contributed by atoms with van der Waals surface area (Å²) in [6, 6.07) is 5.97. The van der Waals surface area contributed by atoms with E-state index in [4.69, 9.17) is 0 Å². The molecular weight excluding hydrogens is 280 g/mol. The van der Waals surface area contributed by atoms with Gasteiger partial charge >= 0.3 is 0 Å². The van der Waals surface area contributed by atoms with Crippen molar-refractivity contribution >= 4 is 27.5 Å². The molecule has 0 aliphatic carbocycles. The molecule has 1 fully saturated rings. The van der Waals surface area contributed by atoms with Gasteiger partial charge in [-0.2, -0.15) is 0 Å². The first-order valence-corrected chi connectivity index (χ1v) is 6.76. The molecule has 1 amide bonds. The molecule has 1 atom stereocenters. The van der Waals surface area contributed by atoms with Crippen molar-refractivity contribution in [1.82, 2.24) is 5.32 Å². The molecule has 0 aromatic heterocycles. The largest absolute Gasteiger partial charge is 0.374 e. The zero-order chi connectivity index (χ0) is 12.3. The lowest BCUT2D eigenvalue weighted by Crippen LogP contribution is -2.37. The van der Waals surface area contributed by atoms with Crippen molar-refractivity contribution in [2.75, 3.05) is 11.9 Å². The van der Waals surface area contributed by atoms with E-state index in [0.29, 0.717) is 0 Å². The van der Waals surface area contributed by atoms with E-state index < -0.39 is 0 Å². The highest BCUT2D eigenvalue weighted by molar-refractivity contribution is 9.10. The van der Waals surface area contributed by atoms with Crippen LogP contribution >= 0.6 is 15.9 Å². The second-order valence-corrected chi connectivity index (χ2v) is 5.30. The zero-order valence-electron chi connectivity index (χ0n) is 9.92. The fraction of sp³-hybridized carbons (Fsp3) is 0.462. The molecule has 3 nitrogen and oxygen atoms in total. The van der Waals surface area contributed by atoms with Gasteiger partial charge in [0.05, 0.1) is 0 Å². The third-order valence-electron chi connectivity index (χ3n) is 3.05. The Morgan fingerprint density at radius 1 is 1.41 bits per heavy atom. The van der Waals surface area contributed by atoms with Crippen molar-refractivity contribution in [3.63, 3.8) is 0 Å². The van der Waals surface area contributed by atoms with Crippen LogP contribution in [0.2, 0.25) is 0 Å². The summed E-state index contributed by atoms with van der Waals surface area (Å²) in [5, 5.41) is 6.22. The van der Waals surface area contributed by atoms with E-state index in [2.05, 4.69) is 26.6 Å². The smallest absolute Gasteiger partial charge is 0.242 e. The van der Waals surface area contributed by atoms with Crippen molar-refractivity contribution in [3.05, 3.63) is 28.2 Å². The lowest BCUT2D eigenvalue weighted by atomic mass is 10.1. The lowest BCUT2D eigenvalue weighted by Gasteiger charge is -2.17. The van der Waals surface area contributed by atoms with Crippen molar-refractivity contribution in [2.45, 2.75) is 32.2 Å². The first kappa shape index (κ1) is 12.4. The molecule has 0 bridgehead atoms. The van der Waals surface area contributed by atoms with E-state index in [1.54, 1.807) is 0 Å². The highest BCUT2D eigenvalue weighted by Gasteiger charge is 2.20. The van der Waals surface area contributed by atoms with Crippen LogP contribution in [0.25, 0.3) is 0 Å². The quantitative estimate of drug-likeness (QED) is 0.881. The van der Waals surface area contributed by atoms with Gasteiger partial charge < -0.3 is 10.6 Å². The Morgan fingerprint density at radius 3 is 3.00 bits per heavy atom. The van der Waals surface area contributed by atoms with Crippen LogP contribution in [0, 0.1) is 6.92 Å². The highest BCUT2D eigenvalue weighted by Crippen LogP contribution is 2.22. The number of halogens is 1. The number of hydrogen-bond donors (Lipinski definition) is 2. The van der Waals surface area contributed by atoms with Gasteiger partial charge in [-0.3, -0.25) is 4.79 Å². The SMILES string of the molecule is Cc1ccc(N[C@H]2CCCCNC2=O)cc1Br. The zero-order valence-corrected chi connectivity index (χ0v) is 11.5. The fourth-order valence-electron chi connectivity index (χ4n) is 1.96. The summed E-state index contributed by atoms with van der Waals surface area (Å²) in [6.07, 6.45) is 3.06. The summed E-state index contributed by atoms with van der Waals surface area (Å²) in [5.74, 6) is 0.110. The summed E-state index contributed by atoms with van der Waals surface area (Å²) < 4.78 is 1.07. The summed E-state index contributed by atoms with van der Waals surface area (Å²) >= 11 is 3.50. The van der Waals surface area contributed by atoms with E-state index in [1.807, 2.05) is 25.1 Å². The molecule has 1 aliphatic rings. The summed E-state index contributed by atoms with van der Waals surface area (Å²) in [4.78, 5) is 11.8. The number of rotatable bonds is 2. The van der Waals surface area contributed by atoms with E-state index in [-0.39, 0.29) is 11.9 Å². The number of carbonyl (C=O) groups excluding carboxylic acids is 1. The monoisotopic (exact) mass is 296 g/mol. The third kappa shape index (κ3) is 3.22. The van der Waals surface area contributed by atoms with Gasteiger partial charge in [0, 0.05) is 16.7 Å². The Balaban J connectivity index is 2.08. The van der Waals surface area contributed by atoms with Gasteiger partial charge in [0.1, 0.15) is 6.04 Å². The second kappa shape index (κ2) is 5.54. The Hall–Kier alpha value is -1.03. The lowest BCUT2D eigenvalue weighted by molar-refractivity contribution is -0.121. The Labute approximate surface area is 110 Å². The first-order valence-electron chi connectivity index (χ1n) is 5.97. The standard InChI is InChI=1S/C13H17BrN2O/c1-9-5-6-10(8-11(9)14)16-12-4-2-3-7-15-13(12)17/h5-6,8,12,16H,2-4,7H2,1H3,(H,15,17)/t12-/m0/s1. The minimum atomic E-state index is -0.105. The van der Waals surface area contributed by atoms with Crippen LogP contribution in [0.4, 0.5) is 5.69 Å². The Bertz CT molecular complexity index is 420. The molecule has 0 saturated carbocycles. The molecular formula is C13H17BrN2O. The first-order chi connectivity index (χ1) is 8.16. The summed E-state index contributed by atoms with van der Waals surface area (Å²) in [6.45, 7) is 2.85. The summed E-state index contributed by atoms with van der Waals surface area (Å²) in [7, 11) is 0. The molecule has 1 saturated heterocycles. The normalized spacial score (nSPS) is 20.6. The van der Waals surface area contributed by atoms with E-state index in [9.17, 15) is 4.79 Å². The Morgan fingerprint density at radius 2 is 2.24 bits per heavy atom. The fourth-order valence-corrected chi connectivity index (χ4v) is 2.34. The van der Waals surface area contributed by atoms with Crippen LogP contribution in [0.1, 0.15) is 24.8 Å². The maximum absolute atomic E-state index is 11.8. The van der Waals surface area contributed by atoms with Crippen molar-refractivity contribution in [2.24, 2.45) is 0 Å². The van der Waals surface area contributed by atoms with Gasteiger partial charge in [-0.15, -0.1) is 0 Å². The number of anilines is 1. The van der Waals surface area contributed by atoms with Gasteiger partial charge in [-0.25, -0.2) is 0 Å². The maximum atomic E-state index is 11.8. The number of nitrogens with one attached hydrogen (secondary N) is 2. The highest BCUT2D eigenvalue weighted by atomic mass is 79.9. The van der Waals surface area contributed by atoms with Gasteiger partial charge in [-0.1, -0.05) is 22.0 Å². The molecule has 1 aliphatic heterocycles. The topological polar surface area (TPSA) is 41.1 Å². The number of amides is 1. The van der Waals surface area contributed by atoms with Crippen LogP contribution in [0.5, 0.6) is 0 Å². The van der Waals surface area contributed by atoms with Crippen LogP contribution in [-0.2, 0) is 4.79 Å². The van der Waals surface area contributed by atoms with E-state index in [0.717, 1.165) is 36.0 Å². The Kier molecular flexibility index (Phi) is 4.05. The van der Waals surface area contributed by atoms with Crippen molar-refractivity contribution < 1.29 is 4.79 Å². The molecule has 0 unspecified atom stereocenters. The predicted molar refractivity (Wildman–Crippen MR) is 73.2 cm³/mol. The average molecular weight is 297 g/mol. The van der Waals surface area contributed by atoms with Crippen molar-refractivity contribution in [3.8, 4) is 0 Å². The number of benzene rings is 1. The van der Waals surface area contributed by atoms with Gasteiger partial charge in [0.25, 0.3) is 0 Å². The van der Waals surface area contributed by atoms with E-state index >= 15 is 0 Å². The second-order valence-electron chi connectivity index (χ2n) is 4.45. The minimum absolute atomic E-state index is 0.105. The molecule has 1 aromatic rings. The molecule has 4 heteroatoms. The maximum Gasteiger partial charge on any atom is 0.242 e. The van der Waals surface area contributed by atoms with Crippen LogP contribution in [0.15, 0.2) is 22.7 Å². The van der Waals surface area contributed by atoms with Crippen LogP contribution in [-0.4, -0.2) is 18.5 Å².